The van der Waals surface area contributed by atoms with Crippen LogP contribution >= 0.6 is 23.2 Å². The third-order valence-corrected chi connectivity index (χ3v) is 3.60. The smallest absolute Gasteiger partial charge is 0.320 e. The van der Waals surface area contributed by atoms with Crippen LogP contribution in [0.25, 0.3) is 0 Å². The van der Waals surface area contributed by atoms with Gasteiger partial charge in [0.2, 0.25) is 10.0 Å². The Hall–Kier alpha value is -0.820. The molecule has 94 valence electrons. The Bertz CT molecular complexity index is 510. The number of sulfonamides is 1. The molecule has 0 heterocycles. The fourth-order valence-electron chi connectivity index (χ4n) is 0.993. The Morgan fingerprint density at radius 1 is 1.29 bits per heavy atom. The summed E-state index contributed by atoms with van der Waals surface area (Å²) in [6.45, 7) is -0.455. The quantitative estimate of drug-likeness (QED) is 0.854. The van der Waals surface area contributed by atoms with Gasteiger partial charge >= 0.3 is 5.97 Å². The van der Waals surface area contributed by atoms with E-state index in [0.717, 1.165) is 7.11 Å². The van der Waals surface area contributed by atoms with Crippen LogP contribution in [-0.4, -0.2) is 28.0 Å². The van der Waals surface area contributed by atoms with Crippen molar-refractivity contribution in [3.63, 3.8) is 0 Å². The molecule has 0 radical (unpaired) electrons. The Morgan fingerprint density at radius 2 is 1.82 bits per heavy atom. The Labute approximate surface area is 109 Å². The van der Waals surface area contributed by atoms with Gasteiger partial charge in [-0.3, -0.25) is 4.79 Å². The topological polar surface area (TPSA) is 72.5 Å². The summed E-state index contributed by atoms with van der Waals surface area (Å²) in [5.41, 5.74) is 0. The SMILES string of the molecule is COC(=O)CNS(=O)(=O)c1cc(Cl)cc(Cl)c1. The van der Waals surface area contributed by atoms with Gasteiger partial charge in [-0.25, -0.2) is 8.42 Å². The van der Waals surface area contributed by atoms with Crippen LogP contribution in [0.1, 0.15) is 0 Å². The molecule has 1 N–H and O–H groups in total. The number of carbonyl (C=O) groups excluding carboxylic acids is 1. The number of hydrogen-bond acceptors (Lipinski definition) is 4. The van der Waals surface area contributed by atoms with Crippen molar-refractivity contribution in [3.8, 4) is 0 Å². The van der Waals surface area contributed by atoms with E-state index in [4.69, 9.17) is 23.2 Å². The highest BCUT2D eigenvalue weighted by Crippen LogP contribution is 2.21. The van der Waals surface area contributed by atoms with E-state index < -0.39 is 22.5 Å². The first kappa shape index (κ1) is 14.2. The standard InChI is InChI=1S/C9H9Cl2NO4S/c1-16-9(13)5-12-17(14,15)8-3-6(10)2-7(11)4-8/h2-4,12H,5H2,1H3. The van der Waals surface area contributed by atoms with Crippen LogP contribution < -0.4 is 4.72 Å². The van der Waals surface area contributed by atoms with E-state index in [1.165, 1.54) is 18.2 Å². The number of halogens is 2. The third-order valence-electron chi connectivity index (χ3n) is 1.78. The molecule has 8 heteroatoms. The minimum Gasteiger partial charge on any atom is -0.468 e. The summed E-state index contributed by atoms with van der Waals surface area (Å²) in [6, 6.07) is 3.86. The van der Waals surface area contributed by atoms with E-state index in [2.05, 4.69) is 9.46 Å². The molecule has 0 unspecified atom stereocenters. The highest BCUT2D eigenvalue weighted by molar-refractivity contribution is 7.89. The van der Waals surface area contributed by atoms with Gasteiger partial charge in [0, 0.05) is 10.0 Å². The third kappa shape index (κ3) is 4.16. The maximum Gasteiger partial charge on any atom is 0.320 e. The first-order chi connectivity index (χ1) is 7.85. The second-order valence-corrected chi connectivity index (χ2v) is 5.65. The lowest BCUT2D eigenvalue weighted by molar-refractivity contribution is -0.139. The van der Waals surface area contributed by atoms with Crippen molar-refractivity contribution < 1.29 is 17.9 Å². The number of rotatable bonds is 4. The number of ether oxygens (including phenoxy) is 1. The van der Waals surface area contributed by atoms with Gasteiger partial charge in [-0.1, -0.05) is 23.2 Å². The summed E-state index contributed by atoms with van der Waals surface area (Å²) in [7, 11) is -2.67. The molecule has 0 saturated carbocycles. The second kappa shape index (κ2) is 5.68. The summed E-state index contributed by atoms with van der Waals surface area (Å²) in [4.78, 5) is 10.7. The molecule has 0 aliphatic heterocycles. The van der Waals surface area contributed by atoms with Crippen LogP contribution in [-0.2, 0) is 19.6 Å². The molecule has 1 aromatic carbocycles. The first-order valence-corrected chi connectivity index (χ1v) is 6.61. The number of carbonyl (C=O) groups is 1. The van der Waals surface area contributed by atoms with Crippen LogP contribution in [0.5, 0.6) is 0 Å². The number of nitrogens with one attached hydrogen (secondary N) is 1. The summed E-state index contributed by atoms with van der Waals surface area (Å²) >= 11 is 11.4. The van der Waals surface area contributed by atoms with Crippen LogP contribution in [0.2, 0.25) is 10.0 Å². The van der Waals surface area contributed by atoms with E-state index in [0.29, 0.717) is 0 Å². The number of esters is 1. The molecule has 1 rings (SSSR count). The molecular formula is C9H9Cl2NO4S. The van der Waals surface area contributed by atoms with Crippen molar-refractivity contribution in [1.82, 2.24) is 4.72 Å². The largest absolute Gasteiger partial charge is 0.468 e. The predicted octanol–water partition coefficient (Wildman–Crippen LogP) is 1.44. The van der Waals surface area contributed by atoms with Gasteiger partial charge in [-0.2, -0.15) is 4.72 Å². The Balaban J connectivity index is 2.93. The number of benzene rings is 1. The fourth-order valence-corrected chi connectivity index (χ4v) is 2.69. The predicted molar refractivity (Wildman–Crippen MR) is 63.7 cm³/mol. The maximum atomic E-state index is 11.7. The van der Waals surface area contributed by atoms with E-state index in [1.54, 1.807) is 0 Å². The van der Waals surface area contributed by atoms with Gasteiger partial charge in [0.1, 0.15) is 6.54 Å². The van der Waals surface area contributed by atoms with Gasteiger partial charge < -0.3 is 4.74 Å². The van der Waals surface area contributed by atoms with Gasteiger partial charge in [-0.05, 0) is 18.2 Å². The first-order valence-electron chi connectivity index (χ1n) is 4.38. The summed E-state index contributed by atoms with van der Waals surface area (Å²) in [5.74, 6) is -0.693. The van der Waals surface area contributed by atoms with E-state index >= 15 is 0 Å². The molecule has 0 fully saturated rings. The molecule has 0 saturated heterocycles. The van der Waals surface area contributed by atoms with Crippen LogP contribution in [0.3, 0.4) is 0 Å². The second-order valence-electron chi connectivity index (χ2n) is 3.01. The summed E-state index contributed by atoms with van der Waals surface area (Å²) < 4.78 is 29.8. The van der Waals surface area contributed by atoms with Crippen LogP contribution in [0.4, 0.5) is 0 Å². The van der Waals surface area contributed by atoms with Gasteiger partial charge in [0.15, 0.2) is 0 Å². The van der Waals surface area contributed by atoms with Crippen molar-refractivity contribution in [2.75, 3.05) is 13.7 Å². The lowest BCUT2D eigenvalue weighted by Crippen LogP contribution is -2.30. The average molecular weight is 298 g/mol. The minimum absolute atomic E-state index is 0.112. The molecule has 0 aliphatic carbocycles. The van der Waals surface area contributed by atoms with Gasteiger partial charge in [0.25, 0.3) is 0 Å². The summed E-state index contributed by atoms with van der Waals surface area (Å²) in [6.07, 6.45) is 0. The molecule has 0 amide bonds. The van der Waals surface area contributed by atoms with Crippen molar-refractivity contribution >= 4 is 39.2 Å². The van der Waals surface area contributed by atoms with Crippen molar-refractivity contribution in [1.29, 1.82) is 0 Å². The van der Waals surface area contributed by atoms with Crippen molar-refractivity contribution in [2.45, 2.75) is 4.90 Å². The average Bonchev–Trinajstić information content (AvgIpc) is 2.24. The molecular weight excluding hydrogens is 289 g/mol. The molecule has 1 aromatic rings. The van der Waals surface area contributed by atoms with E-state index in [1.807, 2.05) is 0 Å². The molecule has 0 aliphatic rings. The number of hydrogen-bond donors (Lipinski definition) is 1. The minimum atomic E-state index is -3.83. The molecule has 0 aromatic heterocycles. The molecule has 5 nitrogen and oxygen atoms in total. The molecule has 17 heavy (non-hydrogen) atoms. The molecule has 0 bridgehead atoms. The van der Waals surface area contributed by atoms with Crippen molar-refractivity contribution in [2.24, 2.45) is 0 Å². The van der Waals surface area contributed by atoms with Gasteiger partial charge in [-0.15, -0.1) is 0 Å². The highest BCUT2D eigenvalue weighted by Gasteiger charge is 2.16. The fraction of sp³-hybridized carbons (Fsp3) is 0.222. The lowest BCUT2D eigenvalue weighted by atomic mass is 10.4. The summed E-state index contributed by atoms with van der Waals surface area (Å²) in [5, 5.41) is 0.381. The van der Waals surface area contributed by atoms with Crippen molar-refractivity contribution in [3.05, 3.63) is 28.2 Å². The highest BCUT2D eigenvalue weighted by atomic mass is 35.5. The lowest BCUT2D eigenvalue weighted by Gasteiger charge is -2.06. The molecule has 0 atom stereocenters. The van der Waals surface area contributed by atoms with E-state index in [9.17, 15) is 13.2 Å². The zero-order chi connectivity index (χ0) is 13.1. The zero-order valence-corrected chi connectivity index (χ0v) is 11.1. The Kier molecular flexibility index (Phi) is 4.76. The maximum absolute atomic E-state index is 11.7. The van der Waals surface area contributed by atoms with Gasteiger partial charge in [0.05, 0.1) is 12.0 Å². The normalized spacial score (nSPS) is 11.2. The van der Waals surface area contributed by atoms with E-state index in [-0.39, 0.29) is 14.9 Å². The molecule has 0 spiro atoms. The zero-order valence-electron chi connectivity index (χ0n) is 8.74. The monoisotopic (exact) mass is 297 g/mol. The number of methoxy groups -OCH3 is 1. The Morgan fingerprint density at radius 3 is 2.29 bits per heavy atom. The van der Waals surface area contributed by atoms with Crippen LogP contribution in [0.15, 0.2) is 23.1 Å². The van der Waals surface area contributed by atoms with Crippen LogP contribution in [0, 0.1) is 0 Å².